The molecule has 0 aromatic heterocycles. The van der Waals surface area contributed by atoms with Crippen molar-refractivity contribution in [3.05, 3.63) is 0 Å². The summed E-state index contributed by atoms with van der Waals surface area (Å²) in [7, 11) is -4.11. The summed E-state index contributed by atoms with van der Waals surface area (Å²) < 4.78 is 37.6. The zero-order chi connectivity index (χ0) is 12.9. The van der Waals surface area contributed by atoms with Gasteiger partial charge in [-0.3, -0.25) is 4.21 Å². The largest absolute Gasteiger partial charge is 0.315 e. The summed E-state index contributed by atoms with van der Waals surface area (Å²) in [6.07, 6.45) is 3.88. The van der Waals surface area contributed by atoms with E-state index in [-0.39, 0.29) is 10.5 Å². The Labute approximate surface area is 106 Å². The molecule has 0 radical (unpaired) electrons. The van der Waals surface area contributed by atoms with Gasteiger partial charge in [0.1, 0.15) is 0 Å². The second-order valence-electron chi connectivity index (χ2n) is 4.51. The number of sulfonamides is 1. The fourth-order valence-corrected chi connectivity index (χ4v) is 3.68. The first-order valence-electron chi connectivity index (χ1n) is 5.95. The molecular weight excluding hydrogens is 260 g/mol. The summed E-state index contributed by atoms with van der Waals surface area (Å²) in [5.74, 6) is 0. The molecule has 3 unspecified atom stereocenters. The maximum absolute atomic E-state index is 11.9. The Morgan fingerprint density at radius 2 is 2.24 bits per heavy atom. The van der Waals surface area contributed by atoms with Gasteiger partial charge in [-0.05, 0) is 25.8 Å². The van der Waals surface area contributed by atoms with Crippen molar-refractivity contribution in [2.24, 2.45) is 0 Å². The lowest BCUT2D eigenvalue weighted by atomic mass is 10.2. The maximum Gasteiger partial charge on any atom is 0.215 e. The second-order valence-corrected chi connectivity index (χ2v) is 8.35. The fourth-order valence-electron chi connectivity index (χ4n) is 1.77. The van der Waals surface area contributed by atoms with Crippen LogP contribution in [0.3, 0.4) is 0 Å². The molecule has 3 atom stereocenters. The Hall–Kier alpha value is 0.0200. The lowest BCUT2D eigenvalue weighted by Crippen LogP contribution is -2.44. The minimum atomic E-state index is -3.22. The molecule has 1 fully saturated rings. The maximum atomic E-state index is 11.9. The van der Waals surface area contributed by atoms with E-state index in [9.17, 15) is 12.6 Å². The van der Waals surface area contributed by atoms with E-state index in [0.29, 0.717) is 19.5 Å². The van der Waals surface area contributed by atoms with E-state index in [1.54, 1.807) is 6.26 Å². The molecule has 0 saturated carbocycles. The van der Waals surface area contributed by atoms with Crippen LogP contribution in [0.1, 0.15) is 26.2 Å². The van der Waals surface area contributed by atoms with Crippen LogP contribution in [0.25, 0.3) is 0 Å². The number of rotatable bonds is 6. The highest BCUT2D eigenvalue weighted by atomic mass is 32.2. The summed E-state index contributed by atoms with van der Waals surface area (Å²) in [5, 5.41) is 2.80. The van der Waals surface area contributed by atoms with Gasteiger partial charge in [0.2, 0.25) is 10.0 Å². The molecule has 1 heterocycles. The lowest BCUT2D eigenvalue weighted by Gasteiger charge is -2.23. The third-order valence-corrected chi connectivity index (χ3v) is 6.37. The zero-order valence-corrected chi connectivity index (χ0v) is 12.1. The Morgan fingerprint density at radius 3 is 2.76 bits per heavy atom. The van der Waals surface area contributed by atoms with E-state index < -0.39 is 20.8 Å². The molecule has 1 saturated heterocycles. The zero-order valence-electron chi connectivity index (χ0n) is 10.4. The van der Waals surface area contributed by atoms with Crippen LogP contribution in [0.4, 0.5) is 0 Å². The van der Waals surface area contributed by atoms with E-state index in [1.165, 1.54) is 0 Å². The summed E-state index contributed by atoms with van der Waals surface area (Å²) in [4.78, 5) is 0. The monoisotopic (exact) mass is 282 g/mol. The number of hydrogen-bond acceptors (Lipinski definition) is 4. The average molecular weight is 282 g/mol. The molecule has 2 N–H and O–H groups in total. The molecule has 0 aromatic carbocycles. The SMILES string of the molecule is CC(CCNS(=O)(=O)C1CCCNC1)S(C)=O. The molecule has 0 bridgehead atoms. The molecular formula is C10H22N2O3S2. The van der Waals surface area contributed by atoms with E-state index in [1.807, 2.05) is 6.92 Å². The van der Waals surface area contributed by atoms with Crippen LogP contribution in [-0.4, -0.2) is 49.0 Å². The van der Waals surface area contributed by atoms with Gasteiger partial charge >= 0.3 is 0 Å². The van der Waals surface area contributed by atoms with Gasteiger partial charge in [-0.1, -0.05) is 6.92 Å². The summed E-state index contributed by atoms with van der Waals surface area (Å²) in [5.41, 5.74) is 0. The summed E-state index contributed by atoms with van der Waals surface area (Å²) in [6.45, 7) is 3.68. The normalized spacial score (nSPS) is 25.4. The second kappa shape index (κ2) is 6.82. The molecule has 1 aliphatic heterocycles. The van der Waals surface area contributed by atoms with Gasteiger partial charge in [0, 0.05) is 35.4 Å². The van der Waals surface area contributed by atoms with E-state index in [4.69, 9.17) is 0 Å². The average Bonchev–Trinajstić information content (AvgIpc) is 2.29. The van der Waals surface area contributed by atoms with Crippen molar-refractivity contribution < 1.29 is 12.6 Å². The van der Waals surface area contributed by atoms with Crippen molar-refractivity contribution in [2.45, 2.75) is 36.7 Å². The van der Waals surface area contributed by atoms with Crippen molar-refractivity contribution in [2.75, 3.05) is 25.9 Å². The van der Waals surface area contributed by atoms with Crippen molar-refractivity contribution in [1.82, 2.24) is 10.0 Å². The Balaban J connectivity index is 2.36. The third-order valence-electron chi connectivity index (χ3n) is 3.11. The van der Waals surface area contributed by atoms with Crippen LogP contribution in [0.5, 0.6) is 0 Å². The van der Waals surface area contributed by atoms with E-state index >= 15 is 0 Å². The van der Waals surface area contributed by atoms with Gasteiger partial charge in [-0.25, -0.2) is 13.1 Å². The fraction of sp³-hybridized carbons (Fsp3) is 1.00. The highest BCUT2D eigenvalue weighted by Crippen LogP contribution is 2.10. The highest BCUT2D eigenvalue weighted by molar-refractivity contribution is 7.90. The Morgan fingerprint density at radius 1 is 1.53 bits per heavy atom. The van der Waals surface area contributed by atoms with E-state index in [0.717, 1.165) is 19.4 Å². The van der Waals surface area contributed by atoms with Crippen LogP contribution in [0.2, 0.25) is 0 Å². The minimum Gasteiger partial charge on any atom is -0.315 e. The van der Waals surface area contributed by atoms with Crippen LogP contribution >= 0.6 is 0 Å². The third kappa shape index (κ3) is 5.03. The van der Waals surface area contributed by atoms with Crippen LogP contribution in [-0.2, 0) is 20.8 Å². The van der Waals surface area contributed by atoms with Crippen molar-refractivity contribution in [3.63, 3.8) is 0 Å². The van der Waals surface area contributed by atoms with Gasteiger partial charge in [0.25, 0.3) is 0 Å². The molecule has 0 spiro atoms. The molecule has 102 valence electrons. The van der Waals surface area contributed by atoms with Crippen LogP contribution in [0.15, 0.2) is 0 Å². The molecule has 7 heteroatoms. The predicted molar refractivity (Wildman–Crippen MR) is 71.0 cm³/mol. The molecule has 0 amide bonds. The standard InChI is InChI=1S/C10H22N2O3S2/c1-9(16(2)13)5-7-12-17(14,15)10-4-3-6-11-8-10/h9-12H,3-8H2,1-2H3. The molecule has 0 aromatic rings. The number of piperidine rings is 1. The predicted octanol–water partition coefficient (Wildman–Crippen LogP) is -0.185. The molecule has 5 nitrogen and oxygen atoms in total. The summed E-state index contributed by atoms with van der Waals surface area (Å²) in [6, 6.07) is 0. The van der Waals surface area contributed by atoms with Gasteiger partial charge in [0.15, 0.2) is 0 Å². The van der Waals surface area contributed by atoms with Gasteiger partial charge in [-0.15, -0.1) is 0 Å². The summed E-state index contributed by atoms with van der Waals surface area (Å²) >= 11 is 0. The first kappa shape index (κ1) is 15.1. The Bertz CT molecular complexity index is 351. The van der Waals surface area contributed by atoms with Crippen molar-refractivity contribution in [3.8, 4) is 0 Å². The highest BCUT2D eigenvalue weighted by Gasteiger charge is 2.26. The molecule has 1 aliphatic rings. The van der Waals surface area contributed by atoms with Crippen LogP contribution < -0.4 is 10.0 Å². The molecule has 17 heavy (non-hydrogen) atoms. The molecule has 0 aliphatic carbocycles. The van der Waals surface area contributed by atoms with Crippen molar-refractivity contribution in [1.29, 1.82) is 0 Å². The number of nitrogens with one attached hydrogen (secondary N) is 2. The quantitative estimate of drug-likeness (QED) is 0.708. The van der Waals surface area contributed by atoms with Crippen molar-refractivity contribution >= 4 is 20.8 Å². The first-order valence-corrected chi connectivity index (χ1v) is 9.11. The number of hydrogen-bond donors (Lipinski definition) is 2. The van der Waals surface area contributed by atoms with Gasteiger partial charge in [0.05, 0.1) is 5.25 Å². The van der Waals surface area contributed by atoms with E-state index in [2.05, 4.69) is 10.0 Å². The Kier molecular flexibility index (Phi) is 6.05. The lowest BCUT2D eigenvalue weighted by molar-refractivity contribution is 0.489. The minimum absolute atomic E-state index is 0.0298. The smallest absolute Gasteiger partial charge is 0.215 e. The topological polar surface area (TPSA) is 75.3 Å². The molecule has 1 rings (SSSR count). The van der Waals surface area contributed by atoms with Gasteiger partial charge in [-0.2, -0.15) is 0 Å². The first-order chi connectivity index (χ1) is 7.93. The van der Waals surface area contributed by atoms with Crippen LogP contribution in [0, 0.1) is 0 Å². The van der Waals surface area contributed by atoms with Gasteiger partial charge < -0.3 is 5.32 Å².